The lowest BCUT2D eigenvalue weighted by molar-refractivity contribution is -0.144. The summed E-state index contributed by atoms with van der Waals surface area (Å²) < 4.78 is 18.8. The quantitative estimate of drug-likeness (QED) is 0.848. The van der Waals surface area contributed by atoms with E-state index in [-0.39, 0.29) is 29.8 Å². The highest BCUT2D eigenvalue weighted by atomic mass is 19.1. The average Bonchev–Trinajstić information content (AvgIpc) is 3.02. The maximum Gasteiger partial charge on any atom is 0.245 e. The second-order valence-electron chi connectivity index (χ2n) is 6.46. The third-order valence-electron chi connectivity index (χ3n) is 4.80. The van der Waals surface area contributed by atoms with Gasteiger partial charge in [0.05, 0.1) is 0 Å². The highest BCUT2D eigenvalue weighted by Gasteiger charge is 2.33. The lowest BCUT2D eigenvalue weighted by Crippen LogP contribution is -2.50. The summed E-state index contributed by atoms with van der Waals surface area (Å²) in [5.41, 5.74) is 0. The number of halogens is 1. The molecule has 2 fully saturated rings. The van der Waals surface area contributed by atoms with Crippen molar-refractivity contribution < 1.29 is 18.7 Å². The van der Waals surface area contributed by atoms with Gasteiger partial charge in [0.15, 0.2) is 0 Å². The minimum atomic E-state index is -0.380. The van der Waals surface area contributed by atoms with Crippen molar-refractivity contribution in [2.24, 2.45) is 0 Å². The Labute approximate surface area is 141 Å². The monoisotopic (exact) mass is 334 g/mol. The first-order valence-electron chi connectivity index (χ1n) is 8.55. The molecule has 0 unspecified atom stereocenters. The standard InChI is InChI=1S/C18H23FN2O3/c1-13(21-10-2-3-17(21)22)18(23)20-11-8-16(9-12-20)24-15-6-4-14(19)5-7-15/h4-7,13,16H,2-3,8-12H2,1H3/t13-/m0/s1. The van der Waals surface area contributed by atoms with Crippen molar-refractivity contribution in [2.45, 2.75) is 44.8 Å². The highest BCUT2D eigenvalue weighted by molar-refractivity contribution is 5.88. The van der Waals surface area contributed by atoms with E-state index in [1.54, 1.807) is 17.0 Å². The number of hydrogen-bond acceptors (Lipinski definition) is 3. The first-order chi connectivity index (χ1) is 11.5. The van der Waals surface area contributed by atoms with Gasteiger partial charge in [0.25, 0.3) is 0 Å². The van der Waals surface area contributed by atoms with Crippen molar-refractivity contribution >= 4 is 11.8 Å². The van der Waals surface area contributed by atoms with Crippen LogP contribution in [0.1, 0.15) is 32.6 Å². The predicted molar refractivity (Wildman–Crippen MR) is 87.0 cm³/mol. The minimum absolute atomic E-state index is 0.0190. The molecule has 0 aliphatic carbocycles. The van der Waals surface area contributed by atoms with E-state index < -0.39 is 0 Å². The molecule has 1 aromatic carbocycles. The number of carbonyl (C=O) groups is 2. The Bertz CT molecular complexity index is 597. The third-order valence-corrected chi connectivity index (χ3v) is 4.80. The first kappa shape index (κ1) is 16.7. The maximum absolute atomic E-state index is 12.9. The fraction of sp³-hybridized carbons (Fsp3) is 0.556. The summed E-state index contributed by atoms with van der Waals surface area (Å²) in [5.74, 6) is 0.460. The van der Waals surface area contributed by atoms with Crippen LogP contribution in [-0.2, 0) is 9.59 Å². The molecule has 5 nitrogen and oxygen atoms in total. The van der Waals surface area contributed by atoms with Gasteiger partial charge >= 0.3 is 0 Å². The fourth-order valence-corrected chi connectivity index (χ4v) is 3.38. The molecule has 2 aliphatic heterocycles. The zero-order chi connectivity index (χ0) is 17.1. The molecular formula is C18H23FN2O3. The molecule has 0 spiro atoms. The third kappa shape index (κ3) is 3.68. The lowest BCUT2D eigenvalue weighted by atomic mass is 10.1. The van der Waals surface area contributed by atoms with Gasteiger partial charge in [-0.25, -0.2) is 4.39 Å². The topological polar surface area (TPSA) is 49.9 Å². The van der Waals surface area contributed by atoms with Crippen molar-refractivity contribution in [2.75, 3.05) is 19.6 Å². The van der Waals surface area contributed by atoms with Gasteiger partial charge in [0.2, 0.25) is 11.8 Å². The molecule has 0 radical (unpaired) electrons. The van der Waals surface area contributed by atoms with E-state index in [4.69, 9.17) is 4.74 Å². The molecule has 3 rings (SSSR count). The molecule has 0 bridgehead atoms. The Hall–Kier alpha value is -2.11. The molecule has 0 aromatic heterocycles. The first-order valence-corrected chi connectivity index (χ1v) is 8.55. The number of hydrogen-bond donors (Lipinski definition) is 0. The van der Waals surface area contributed by atoms with E-state index >= 15 is 0 Å². The van der Waals surface area contributed by atoms with Crippen LogP contribution < -0.4 is 4.74 Å². The van der Waals surface area contributed by atoms with E-state index in [0.29, 0.717) is 31.8 Å². The Balaban J connectivity index is 1.50. The van der Waals surface area contributed by atoms with E-state index in [1.165, 1.54) is 12.1 Å². The van der Waals surface area contributed by atoms with Crippen LogP contribution in [0.25, 0.3) is 0 Å². The Morgan fingerprint density at radius 3 is 2.46 bits per heavy atom. The molecule has 0 saturated carbocycles. The molecule has 1 atom stereocenters. The highest BCUT2D eigenvalue weighted by Crippen LogP contribution is 2.21. The number of likely N-dealkylation sites (tertiary alicyclic amines) is 2. The van der Waals surface area contributed by atoms with E-state index in [2.05, 4.69) is 0 Å². The largest absolute Gasteiger partial charge is 0.490 e. The van der Waals surface area contributed by atoms with Crippen LogP contribution >= 0.6 is 0 Å². The van der Waals surface area contributed by atoms with Crippen LogP contribution in [0.3, 0.4) is 0 Å². The summed E-state index contributed by atoms with van der Waals surface area (Å²) in [4.78, 5) is 27.9. The van der Waals surface area contributed by atoms with E-state index in [9.17, 15) is 14.0 Å². The lowest BCUT2D eigenvalue weighted by Gasteiger charge is -2.35. The summed E-state index contributed by atoms with van der Waals surface area (Å²) in [7, 11) is 0. The summed E-state index contributed by atoms with van der Waals surface area (Å²) in [5, 5.41) is 0. The summed E-state index contributed by atoms with van der Waals surface area (Å²) >= 11 is 0. The van der Waals surface area contributed by atoms with Crippen LogP contribution in [0.5, 0.6) is 5.75 Å². The fourth-order valence-electron chi connectivity index (χ4n) is 3.38. The minimum Gasteiger partial charge on any atom is -0.490 e. The van der Waals surface area contributed by atoms with Crippen LogP contribution in [0.2, 0.25) is 0 Å². The van der Waals surface area contributed by atoms with E-state index in [0.717, 1.165) is 19.3 Å². The molecule has 24 heavy (non-hydrogen) atoms. The van der Waals surface area contributed by atoms with Gasteiger partial charge < -0.3 is 14.5 Å². The van der Waals surface area contributed by atoms with Crippen LogP contribution in [0.4, 0.5) is 4.39 Å². The van der Waals surface area contributed by atoms with Crippen molar-refractivity contribution in [1.29, 1.82) is 0 Å². The smallest absolute Gasteiger partial charge is 0.245 e. The van der Waals surface area contributed by atoms with Gasteiger partial charge in [-0.1, -0.05) is 0 Å². The predicted octanol–water partition coefficient (Wildman–Crippen LogP) is 2.21. The Morgan fingerprint density at radius 2 is 1.88 bits per heavy atom. The summed E-state index contributed by atoms with van der Waals surface area (Å²) in [6.07, 6.45) is 2.89. The van der Waals surface area contributed by atoms with Gasteiger partial charge in [0, 0.05) is 38.9 Å². The van der Waals surface area contributed by atoms with Gasteiger partial charge in [-0.05, 0) is 37.6 Å². The number of rotatable bonds is 4. The Morgan fingerprint density at radius 1 is 1.21 bits per heavy atom. The van der Waals surface area contributed by atoms with Gasteiger partial charge in [-0.3, -0.25) is 9.59 Å². The Kier molecular flexibility index (Phi) is 5.02. The molecule has 2 aliphatic rings. The SMILES string of the molecule is C[C@@H](C(=O)N1CCC(Oc2ccc(F)cc2)CC1)N1CCCC1=O. The van der Waals surface area contributed by atoms with Crippen LogP contribution in [-0.4, -0.2) is 53.4 Å². The molecule has 130 valence electrons. The van der Waals surface area contributed by atoms with Crippen molar-refractivity contribution in [3.8, 4) is 5.75 Å². The molecule has 1 aromatic rings. The van der Waals surface area contributed by atoms with Crippen LogP contribution in [0.15, 0.2) is 24.3 Å². The number of carbonyl (C=O) groups excluding carboxylic acids is 2. The molecular weight excluding hydrogens is 311 g/mol. The summed E-state index contributed by atoms with van der Waals surface area (Å²) in [6, 6.07) is 5.61. The molecule has 6 heteroatoms. The number of nitrogens with zero attached hydrogens (tertiary/aromatic N) is 2. The normalized spacial score (nSPS) is 20.3. The van der Waals surface area contributed by atoms with E-state index in [1.807, 2.05) is 11.8 Å². The zero-order valence-corrected chi connectivity index (χ0v) is 13.9. The number of piperidine rings is 1. The molecule has 2 heterocycles. The van der Waals surface area contributed by atoms with Crippen molar-refractivity contribution in [3.63, 3.8) is 0 Å². The molecule has 2 saturated heterocycles. The molecule has 0 N–H and O–H groups in total. The second kappa shape index (κ2) is 7.20. The van der Waals surface area contributed by atoms with Crippen molar-refractivity contribution in [3.05, 3.63) is 30.1 Å². The van der Waals surface area contributed by atoms with Gasteiger partial charge in [-0.15, -0.1) is 0 Å². The van der Waals surface area contributed by atoms with Crippen molar-refractivity contribution in [1.82, 2.24) is 9.80 Å². The number of ether oxygens (including phenoxy) is 1. The number of benzene rings is 1. The molecule has 2 amide bonds. The van der Waals surface area contributed by atoms with Gasteiger partial charge in [0.1, 0.15) is 23.7 Å². The maximum atomic E-state index is 12.9. The second-order valence-corrected chi connectivity index (χ2v) is 6.46. The van der Waals surface area contributed by atoms with Crippen LogP contribution in [0, 0.1) is 5.82 Å². The summed E-state index contributed by atoms with van der Waals surface area (Å²) in [6.45, 7) is 3.73. The average molecular weight is 334 g/mol. The van der Waals surface area contributed by atoms with Gasteiger partial charge in [-0.2, -0.15) is 0 Å². The zero-order valence-electron chi connectivity index (χ0n) is 13.9. The number of amides is 2.